The lowest BCUT2D eigenvalue weighted by molar-refractivity contribution is -0.0517. The first kappa shape index (κ1) is 32.6. The van der Waals surface area contributed by atoms with Crippen molar-refractivity contribution in [3.63, 3.8) is 0 Å². The molecular weight excluding hydrogens is 546 g/mol. The van der Waals surface area contributed by atoms with E-state index in [4.69, 9.17) is 28.2 Å². The molecule has 12 heteroatoms. The van der Waals surface area contributed by atoms with Crippen molar-refractivity contribution in [3.8, 4) is 5.75 Å². The Morgan fingerprint density at radius 3 is 2.19 bits per heavy atom. The SMILES string of the molecule is COc1ccc(C[C@@H]2[C@H](OC(=O)NCCc3c(C)noc3C)[C@@H](OC(=O)OC(C)(C)C)CN2C(=O)OC(C)(C)C)cc1. The Balaban J connectivity index is 1.86. The first-order valence-electron chi connectivity index (χ1n) is 13.9. The molecule has 2 heterocycles. The molecule has 3 rings (SSSR count). The molecule has 12 nitrogen and oxygen atoms in total. The van der Waals surface area contributed by atoms with E-state index in [-0.39, 0.29) is 19.5 Å². The number of alkyl carbamates (subject to hydrolysis) is 1. The van der Waals surface area contributed by atoms with Gasteiger partial charge in [-0.05, 0) is 85.9 Å². The zero-order chi connectivity index (χ0) is 31.2. The van der Waals surface area contributed by atoms with E-state index in [0.717, 1.165) is 16.8 Å². The molecular formula is C30H43N3O9. The van der Waals surface area contributed by atoms with E-state index < -0.39 is 47.8 Å². The normalized spacial score (nSPS) is 18.8. The quantitative estimate of drug-likeness (QED) is 0.326. The zero-order valence-corrected chi connectivity index (χ0v) is 25.9. The highest BCUT2D eigenvalue weighted by Gasteiger charge is 2.50. The number of amides is 2. The van der Waals surface area contributed by atoms with Gasteiger partial charge in [-0.2, -0.15) is 0 Å². The Morgan fingerprint density at radius 1 is 1.00 bits per heavy atom. The zero-order valence-electron chi connectivity index (χ0n) is 25.9. The molecule has 0 radical (unpaired) electrons. The van der Waals surface area contributed by atoms with Crippen LogP contribution in [0.4, 0.5) is 14.4 Å². The maximum absolute atomic E-state index is 13.4. The highest BCUT2D eigenvalue weighted by Crippen LogP contribution is 2.30. The van der Waals surface area contributed by atoms with Gasteiger partial charge in [0.25, 0.3) is 0 Å². The lowest BCUT2D eigenvalue weighted by Gasteiger charge is -2.30. The summed E-state index contributed by atoms with van der Waals surface area (Å²) in [4.78, 5) is 40.5. The first-order valence-corrected chi connectivity index (χ1v) is 13.9. The molecule has 1 aromatic heterocycles. The molecule has 1 saturated heterocycles. The van der Waals surface area contributed by atoms with Crippen molar-refractivity contribution in [1.82, 2.24) is 15.4 Å². The van der Waals surface area contributed by atoms with Gasteiger partial charge in [0.1, 0.15) is 22.7 Å². The number of rotatable bonds is 8. The number of nitrogens with zero attached hydrogens (tertiary/aromatic N) is 2. The number of aryl methyl sites for hydroxylation is 2. The lowest BCUT2D eigenvalue weighted by Crippen LogP contribution is -2.46. The van der Waals surface area contributed by atoms with Gasteiger partial charge in [-0.1, -0.05) is 17.3 Å². The molecule has 3 atom stereocenters. The van der Waals surface area contributed by atoms with E-state index in [1.54, 1.807) is 67.7 Å². The first-order chi connectivity index (χ1) is 19.6. The molecule has 42 heavy (non-hydrogen) atoms. The Morgan fingerprint density at radius 2 is 1.64 bits per heavy atom. The van der Waals surface area contributed by atoms with Gasteiger partial charge in [0.15, 0.2) is 12.2 Å². The molecule has 1 fully saturated rings. The van der Waals surface area contributed by atoms with Gasteiger partial charge in [0, 0.05) is 12.1 Å². The number of ether oxygens (including phenoxy) is 5. The fourth-order valence-electron chi connectivity index (χ4n) is 4.59. The highest BCUT2D eigenvalue weighted by atomic mass is 16.7. The molecule has 232 valence electrons. The molecule has 0 unspecified atom stereocenters. The largest absolute Gasteiger partial charge is 0.509 e. The number of benzene rings is 1. The average molecular weight is 590 g/mol. The van der Waals surface area contributed by atoms with Crippen LogP contribution in [0.2, 0.25) is 0 Å². The monoisotopic (exact) mass is 589 g/mol. The lowest BCUT2D eigenvalue weighted by atomic mass is 10.0. The van der Waals surface area contributed by atoms with Gasteiger partial charge in [-0.25, -0.2) is 14.4 Å². The number of hydrogen-bond acceptors (Lipinski definition) is 10. The second-order valence-electron chi connectivity index (χ2n) is 12.2. The Hall–Kier alpha value is -3.96. The molecule has 2 aromatic rings. The van der Waals surface area contributed by atoms with Gasteiger partial charge in [-0.15, -0.1) is 0 Å². The number of methoxy groups -OCH3 is 1. The van der Waals surface area contributed by atoms with Crippen molar-refractivity contribution in [1.29, 1.82) is 0 Å². The van der Waals surface area contributed by atoms with E-state index >= 15 is 0 Å². The molecule has 0 spiro atoms. The Labute approximate surface area is 246 Å². The molecule has 1 aliphatic rings. The van der Waals surface area contributed by atoms with Crippen LogP contribution in [0.15, 0.2) is 28.8 Å². The van der Waals surface area contributed by atoms with Crippen LogP contribution in [0.25, 0.3) is 0 Å². The molecule has 1 N–H and O–H groups in total. The predicted octanol–water partition coefficient (Wildman–Crippen LogP) is 5.12. The van der Waals surface area contributed by atoms with Crippen molar-refractivity contribution in [2.75, 3.05) is 20.2 Å². The second-order valence-corrected chi connectivity index (χ2v) is 12.2. The number of carbonyl (C=O) groups excluding carboxylic acids is 3. The van der Waals surface area contributed by atoms with Crippen LogP contribution in [0.5, 0.6) is 5.75 Å². The number of nitrogens with one attached hydrogen (secondary N) is 1. The van der Waals surface area contributed by atoms with E-state index in [1.165, 1.54) is 4.90 Å². The number of hydrogen-bond donors (Lipinski definition) is 1. The molecule has 0 bridgehead atoms. The van der Waals surface area contributed by atoms with Crippen LogP contribution in [0.1, 0.15) is 64.1 Å². The van der Waals surface area contributed by atoms with E-state index in [9.17, 15) is 14.4 Å². The van der Waals surface area contributed by atoms with Crippen molar-refractivity contribution < 1.29 is 42.6 Å². The predicted molar refractivity (Wildman–Crippen MR) is 152 cm³/mol. The van der Waals surface area contributed by atoms with E-state index in [1.807, 2.05) is 19.1 Å². The van der Waals surface area contributed by atoms with Crippen LogP contribution in [-0.4, -0.2) is 78.0 Å². The van der Waals surface area contributed by atoms with E-state index in [2.05, 4.69) is 10.5 Å². The fraction of sp³-hybridized carbons (Fsp3) is 0.600. The summed E-state index contributed by atoms with van der Waals surface area (Å²) >= 11 is 0. The van der Waals surface area contributed by atoms with Gasteiger partial charge in [-0.3, -0.25) is 4.90 Å². The minimum atomic E-state index is -1.02. The highest BCUT2D eigenvalue weighted by molar-refractivity contribution is 5.71. The van der Waals surface area contributed by atoms with Crippen molar-refractivity contribution in [3.05, 3.63) is 46.8 Å². The molecule has 1 aromatic carbocycles. The van der Waals surface area contributed by atoms with Crippen LogP contribution in [0, 0.1) is 13.8 Å². The summed E-state index contributed by atoms with van der Waals surface area (Å²) in [6.07, 6.45) is -3.55. The molecule has 0 saturated carbocycles. The van der Waals surface area contributed by atoms with Crippen molar-refractivity contribution in [2.24, 2.45) is 0 Å². The maximum Gasteiger partial charge on any atom is 0.509 e. The van der Waals surface area contributed by atoms with Crippen molar-refractivity contribution in [2.45, 2.75) is 97.7 Å². The van der Waals surface area contributed by atoms with Gasteiger partial charge < -0.3 is 33.5 Å². The third kappa shape index (κ3) is 9.28. The minimum Gasteiger partial charge on any atom is -0.497 e. The Bertz CT molecular complexity index is 1210. The molecule has 0 aliphatic carbocycles. The summed E-state index contributed by atoms with van der Waals surface area (Å²) in [5.74, 6) is 1.35. The van der Waals surface area contributed by atoms with Crippen LogP contribution >= 0.6 is 0 Å². The Kier molecular flexibility index (Phi) is 10.3. The summed E-state index contributed by atoms with van der Waals surface area (Å²) in [7, 11) is 1.57. The van der Waals surface area contributed by atoms with Gasteiger partial charge >= 0.3 is 18.3 Å². The van der Waals surface area contributed by atoms with Crippen LogP contribution < -0.4 is 10.1 Å². The third-order valence-electron chi connectivity index (χ3n) is 6.46. The van der Waals surface area contributed by atoms with Crippen molar-refractivity contribution >= 4 is 18.3 Å². The summed E-state index contributed by atoms with van der Waals surface area (Å²) in [6.45, 7) is 14.2. The molecule has 1 aliphatic heterocycles. The fourth-order valence-corrected chi connectivity index (χ4v) is 4.59. The van der Waals surface area contributed by atoms with Gasteiger partial charge in [0.2, 0.25) is 0 Å². The summed E-state index contributed by atoms with van der Waals surface area (Å²) in [5, 5.41) is 6.68. The number of aromatic nitrogens is 1. The number of likely N-dealkylation sites (tertiary alicyclic amines) is 1. The third-order valence-corrected chi connectivity index (χ3v) is 6.46. The number of carbonyl (C=O) groups is 3. The minimum absolute atomic E-state index is 0.0635. The maximum atomic E-state index is 13.4. The van der Waals surface area contributed by atoms with Crippen LogP contribution in [0.3, 0.4) is 0 Å². The summed E-state index contributed by atoms with van der Waals surface area (Å²) in [6, 6.07) is 6.60. The molecule has 2 amide bonds. The average Bonchev–Trinajstić information content (AvgIpc) is 3.36. The van der Waals surface area contributed by atoms with Crippen LogP contribution in [-0.2, 0) is 31.8 Å². The summed E-state index contributed by atoms with van der Waals surface area (Å²) < 4.78 is 33.0. The summed E-state index contributed by atoms with van der Waals surface area (Å²) in [5.41, 5.74) is 0.902. The smallest absolute Gasteiger partial charge is 0.497 e. The second kappa shape index (κ2) is 13.3. The van der Waals surface area contributed by atoms with E-state index in [0.29, 0.717) is 17.9 Å². The topological polar surface area (TPSA) is 139 Å². The standard InChI is InChI=1S/C30H43N3O9/c1-18-22(19(2)42-32-18)14-15-31-26(34)39-25-23(16-20-10-12-21(37-9)13-11-20)33(27(35)40-29(3,4)5)17-24(25)38-28(36)41-30(6,7)8/h10-13,23-25H,14-17H2,1-9H3,(H,31,34)/t23-,24+,25+/m1/s1. The van der Waals surface area contributed by atoms with Gasteiger partial charge in [0.05, 0.1) is 25.4 Å².